The number of rotatable bonds is 5. The first-order chi connectivity index (χ1) is 14.8. The molecule has 0 amide bonds. The largest absolute Gasteiger partial charge is 0.344 e. The summed E-state index contributed by atoms with van der Waals surface area (Å²) in [6.07, 6.45) is 1.96. The summed E-state index contributed by atoms with van der Waals surface area (Å²) in [6, 6.07) is 35.8. The number of nitrogens with zero attached hydrogens (tertiary/aromatic N) is 3. The van der Waals surface area contributed by atoms with Gasteiger partial charge in [0.25, 0.3) is 0 Å². The van der Waals surface area contributed by atoms with E-state index in [0.717, 1.165) is 17.8 Å². The van der Waals surface area contributed by atoms with Crippen molar-refractivity contribution in [1.82, 2.24) is 4.57 Å². The van der Waals surface area contributed by atoms with E-state index < -0.39 is 0 Å². The number of benzene rings is 4. The monoisotopic (exact) mass is 389 g/mol. The average Bonchev–Trinajstić information content (AvgIpc) is 3.10. The van der Waals surface area contributed by atoms with Crippen LogP contribution >= 0.6 is 0 Å². The van der Waals surface area contributed by atoms with E-state index in [2.05, 4.69) is 90.5 Å². The van der Waals surface area contributed by atoms with E-state index in [9.17, 15) is 0 Å². The Labute approximate surface area is 176 Å². The molecule has 3 nitrogen and oxygen atoms in total. The highest BCUT2D eigenvalue weighted by atomic mass is 15.4. The summed E-state index contributed by atoms with van der Waals surface area (Å²) in [5, 5.41) is 9.43. The molecule has 30 heavy (non-hydrogen) atoms. The zero-order valence-corrected chi connectivity index (χ0v) is 16.9. The third-order valence-corrected chi connectivity index (χ3v) is 5.51. The molecule has 0 aliphatic heterocycles. The van der Waals surface area contributed by atoms with Crippen LogP contribution in [0.5, 0.6) is 0 Å². The maximum atomic E-state index is 4.85. The molecule has 5 aromatic rings. The van der Waals surface area contributed by atoms with Crippen LogP contribution in [0.1, 0.15) is 11.1 Å². The number of aromatic nitrogens is 1. The van der Waals surface area contributed by atoms with E-state index in [4.69, 9.17) is 5.10 Å². The maximum Gasteiger partial charge on any atom is 0.0666 e. The Morgan fingerprint density at radius 3 is 2.20 bits per heavy atom. The van der Waals surface area contributed by atoms with Gasteiger partial charge < -0.3 is 4.57 Å². The fraction of sp³-hybridized carbons (Fsp3) is 0.0741. The first-order valence-corrected chi connectivity index (χ1v) is 10.2. The van der Waals surface area contributed by atoms with Gasteiger partial charge in [-0.25, -0.2) is 0 Å². The molecule has 5 rings (SSSR count). The smallest absolute Gasteiger partial charge is 0.0666 e. The summed E-state index contributed by atoms with van der Waals surface area (Å²) in [5.41, 5.74) is 5.87. The second-order valence-corrected chi connectivity index (χ2v) is 7.48. The lowest BCUT2D eigenvalue weighted by atomic mass is 10.1. The predicted octanol–water partition coefficient (Wildman–Crippen LogP) is 6.37. The van der Waals surface area contributed by atoms with Crippen molar-refractivity contribution < 1.29 is 0 Å². The van der Waals surface area contributed by atoms with Crippen molar-refractivity contribution >= 4 is 33.7 Å². The fourth-order valence-corrected chi connectivity index (χ4v) is 3.96. The number of anilines is 1. The number of para-hydroxylation sites is 2. The van der Waals surface area contributed by atoms with Gasteiger partial charge >= 0.3 is 0 Å². The van der Waals surface area contributed by atoms with Crippen LogP contribution in [0.15, 0.2) is 108 Å². The van der Waals surface area contributed by atoms with Gasteiger partial charge in [0.15, 0.2) is 0 Å². The summed E-state index contributed by atoms with van der Waals surface area (Å²) >= 11 is 0. The van der Waals surface area contributed by atoms with Gasteiger partial charge in [0, 0.05) is 28.9 Å². The Morgan fingerprint density at radius 1 is 0.733 bits per heavy atom. The molecule has 146 valence electrons. The molecule has 0 atom stereocenters. The Balaban J connectivity index is 1.52. The van der Waals surface area contributed by atoms with Gasteiger partial charge in [-0.05, 0) is 41.5 Å². The zero-order valence-electron chi connectivity index (χ0n) is 16.9. The topological polar surface area (TPSA) is 20.5 Å². The van der Waals surface area contributed by atoms with E-state index in [1.54, 1.807) is 0 Å². The molecule has 0 N–H and O–H groups in total. The number of hydrogen-bond donors (Lipinski definition) is 0. The van der Waals surface area contributed by atoms with Crippen LogP contribution in [0.3, 0.4) is 0 Å². The highest BCUT2D eigenvalue weighted by molar-refractivity contribution is 6.09. The molecule has 0 radical (unpaired) electrons. The van der Waals surface area contributed by atoms with Crippen LogP contribution in [-0.2, 0) is 13.6 Å². The molecular weight excluding hydrogens is 366 g/mol. The zero-order chi connectivity index (χ0) is 20.3. The SMILES string of the molecule is Cn1c2ccccc2c2cc(/C=N/N(Cc3ccccc3)c3ccccc3)ccc21. The number of aryl methyl sites for hydroxylation is 1. The minimum Gasteiger partial charge on any atom is -0.344 e. The molecule has 3 heteroatoms. The lowest BCUT2D eigenvalue weighted by Crippen LogP contribution is -2.15. The third-order valence-electron chi connectivity index (χ3n) is 5.51. The molecule has 0 unspecified atom stereocenters. The summed E-state index contributed by atoms with van der Waals surface area (Å²) in [5.74, 6) is 0. The van der Waals surface area contributed by atoms with Crippen LogP contribution in [-0.4, -0.2) is 10.8 Å². The molecule has 0 bridgehead atoms. The van der Waals surface area contributed by atoms with Crippen molar-refractivity contribution in [3.8, 4) is 0 Å². The Kier molecular flexibility index (Phi) is 4.78. The van der Waals surface area contributed by atoms with Gasteiger partial charge in [0.1, 0.15) is 0 Å². The van der Waals surface area contributed by atoms with E-state index >= 15 is 0 Å². The average molecular weight is 390 g/mol. The van der Waals surface area contributed by atoms with E-state index in [1.807, 2.05) is 35.5 Å². The lowest BCUT2D eigenvalue weighted by molar-refractivity contribution is 0.858. The van der Waals surface area contributed by atoms with Crippen LogP contribution in [0.2, 0.25) is 0 Å². The second kappa shape index (κ2) is 7.88. The van der Waals surface area contributed by atoms with Crippen molar-refractivity contribution in [2.24, 2.45) is 12.1 Å². The van der Waals surface area contributed by atoms with Crippen molar-refractivity contribution in [3.05, 3.63) is 114 Å². The van der Waals surface area contributed by atoms with Crippen LogP contribution in [0.4, 0.5) is 5.69 Å². The molecule has 0 fully saturated rings. The van der Waals surface area contributed by atoms with Crippen molar-refractivity contribution in [1.29, 1.82) is 0 Å². The minimum absolute atomic E-state index is 0.720. The first-order valence-electron chi connectivity index (χ1n) is 10.2. The van der Waals surface area contributed by atoms with Crippen LogP contribution in [0, 0.1) is 0 Å². The lowest BCUT2D eigenvalue weighted by Gasteiger charge is -2.19. The molecule has 0 spiro atoms. The third kappa shape index (κ3) is 3.46. The van der Waals surface area contributed by atoms with Crippen LogP contribution in [0.25, 0.3) is 21.8 Å². The fourth-order valence-electron chi connectivity index (χ4n) is 3.96. The molecule has 0 saturated carbocycles. The van der Waals surface area contributed by atoms with Gasteiger partial charge in [-0.3, -0.25) is 5.01 Å². The van der Waals surface area contributed by atoms with Gasteiger partial charge in [-0.15, -0.1) is 0 Å². The predicted molar refractivity (Wildman–Crippen MR) is 127 cm³/mol. The molecule has 0 aliphatic rings. The minimum atomic E-state index is 0.720. The van der Waals surface area contributed by atoms with Crippen molar-refractivity contribution in [3.63, 3.8) is 0 Å². The number of fused-ring (bicyclic) bond motifs is 3. The molecule has 1 heterocycles. The standard InChI is InChI=1S/C27H23N3/c1-29-26-15-9-8-14-24(26)25-18-22(16-17-27(25)29)19-28-30(23-12-6-3-7-13-23)20-21-10-4-2-5-11-21/h2-19H,20H2,1H3/b28-19+. The highest BCUT2D eigenvalue weighted by Gasteiger charge is 2.08. The maximum absolute atomic E-state index is 4.85. The van der Waals surface area contributed by atoms with E-state index in [1.165, 1.54) is 27.4 Å². The second-order valence-electron chi connectivity index (χ2n) is 7.48. The van der Waals surface area contributed by atoms with Gasteiger partial charge in [-0.1, -0.05) is 72.8 Å². The quantitative estimate of drug-likeness (QED) is 0.253. The highest BCUT2D eigenvalue weighted by Crippen LogP contribution is 2.28. The normalized spacial score (nSPS) is 11.5. The first kappa shape index (κ1) is 18.2. The summed E-state index contributed by atoms with van der Waals surface area (Å²) < 4.78 is 2.25. The molecule has 0 saturated heterocycles. The molecular formula is C27H23N3. The van der Waals surface area contributed by atoms with Crippen molar-refractivity contribution in [2.45, 2.75) is 6.54 Å². The van der Waals surface area contributed by atoms with Gasteiger partial charge in [0.2, 0.25) is 0 Å². The summed E-state index contributed by atoms with van der Waals surface area (Å²) in [7, 11) is 2.12. The number of hydrazone groups is 1. The van der Waals surface area contributed by atoms with E-state index in [-0.39, 0.29) is 0 Å². The van der Waals surface area contributed by atoms with Gasteiger partial charge in [-0.2, -0.15) is 5.10 Å². The Bertz CT molecular complexity index is 1320. The van der Waals surface area contributed by atoms with Gasteiger partial charge in [0.05, 0.1) is 18.4 Å². The Morgan fingerprint density at radius 2 is 1.40 bits per heavy atom. The van der Waals surface area contributed by atoms with E-state index in [0.29, 0.717) is 0 Å². The summed E-state index contributed by atoms with van der Waals surface area (Å²) in [6.45, 7) is 0.720. The molecule has 1 aromatic heterocycles. The summed E-state index contributed by atoms with van der Waals surface area (Å²) in [4.78, 5) is 0. The molecule has 4 aromatic carbocycles. The number of hydrogen-bond acceptors (Lipinski definition) is 2. The van der Waals surface area contributed by atoms with Crippen molar-refractivity contribution in [2.75, 3.05) is 5.01 Å². The van der Waals surface area contributed by atoms with Crippen LogP contribution < -0.4 is 5.01 Å². The molecule has 0 aliphatic carbocycles. The Hall–Kier alpha value is -3.85.